The summed E-state index contributed by atoms with van der Waals surface area (Å²) in [6.07, 6.45) is 3.24. The van der Waals surface area contributed by atoms with E-state index in [1.807, 2.05) is 33.7 Å². The van der Waals surface area contributed by atoms with Crippen LogP contribution in [-0.2, 0) is 17.8 Å². The number of nitrogens with zero attached hydrogens (tertiary/aromatic N) is 5. The Hall–Kier alpha value is -2.03. The minimum absolute atomic E-state index is 0.133. The molecule has 0 unspecified atom stereocenters. The topological polar surface area (TPSA) is 54.3 Å². The van der Waals surface area contributed by atoms with Crippen molar-refractivity contribution in [1.29, 1.82) is 0 Å². The molecule has 2 aliphatic heterocycles. The SMILES string of the molecule is O=C(CSc1nnc(N2CCCC2)n1-c1ccccc1Cl)N1CCc2sccc2C1. The Morgan fingerprint density at radius 2 is 1.97 bits per heavy atom. The number of hydrogen-bond acceptors (Lipinski definition) is 6. The summed E-state index contributed by atoms with van der Waals surface area (Å²) in [7, 11) is 0. The average molecular weight is 460 g/mol. The number of carbonyl (C=O) groups excluding carboxylic acids is 1. The van der Waals surface area contributed by atoms with E-state index in [-0.39, 0.29) is 5.91 Å². The number of hydrogen-bond donors (Lipinski definition) is 0. The van der Waals surface area contributed by atoms with Crippen molar-refractivity contribution in [2.45, 2.75) is 31.0 Å². The molecule has 1 amide bonds. The molecule has 0 spiro atoms. The predicted molar refractivity (Wildman–Crippen MR) is 122 cm³/mol. The number of aromatic nitrogens is 3. The molecule has 2 aliphatic rings. The van der Waals surface area contributed by atoms with E-state index < -0.39 is 0 Å². The van der Waals surface area contributed by atoms with Gasteiger partial charge in [0.2, 0.25) is 11.9 Å². The lowest BCUT2D eigenvalue weighted by atomic mass is 10.1. The molecule has 156 valence electrons. The highest BCUT2D eigenvalue weighted by atomic mass is 35.5. The normalized spacial score (nSPS) is 16.2. The maximum Gasteiger partial charge on any atom is 0.233 e. The summed E-state index contributed by atoms with van der Waals surface area (Å²) < 4.78 is 2.00. The summed E-state index contributed by atoms with van der Waals surface area (Å²) >= 11 is 9.72. The van der Waals surface area contributed by atoms with E-state index in [2.05, 4.69) is 26.5 Å². The van der Waals surface area contributed by atoms with Crippen LogP contribution in [0.3, 0.4) is 0 Å². The molecule has 0 N–H and O–H groups in total. The summed E-state index contributed by atoms with van der Waals surface area (Å²) in [4.78, 5) is 18.5. The van der Waals surface area contributed by atoms with Crippen LogP contribution in [0.15, 0.2) is 40.9 Å². The molecule has 2 aromatic heterocycles. The molecule has 0 radical (unpaired) electrons. The first-order valence-electron chi connectivity index (χ1n) is 10.1. The lowest BCUT2D eigenvalue weighted by Gasteiger charge is -2.27. The first-order chi connectivity index (χ1) is 14.7. The predicted octanol–water partition coefficient (Wildman–Crippen LogP) is 4.26. The number of anilines is 1. The smallest absolute Gasteiger partial charge is 0.233 e. The molecule has 5 rings (SSSR count). The van der Waals surface area contributed by atoms with E-state index >= 15 is 0 Å². The first-order valence-corrected chi connectivity index (χ1v) is 12.4. The summed E-state index contributed by atoms with van der Waals surface area (Å²) in [5.74, 6) is 1.27. The molecule has 0 aliphatic carbocycles. The van der Waals surface area contributed by atoms with Crippen LogP contribution in [0.4, 0.5) is 5.95 Å². The molecule has 6 nitrogen and oxygen atoms in total. The third kappa shape index (κ3) is 3.84. The van der Waals surface area contributed by atoms with Crippen LogP contribution in [0.2, 0.25) is 5.02 Å². The molecule has 1 fully saturated rings. The Labute approximate surface area is 188 Å². The van der Waals surface area contributed by atoms with Crippen molar-refractivity contribution in [2.24, 2.45) is 0 Å². The molecule has 0 atom stereocenters. The minimum Gasteiger partial charge on any atom is -0.341 e. The summed E-state index contributed by atoms with van der Waals surface area (Å²) in [5, 5.41) is 12.4. The highest BCUT2D eigenvalue weighted by molar-refractivity contribution is 7.99. The largest absolute Gasteiger partial charge is 0.341 e. The fourth-order valence-electron chi connectivity index (χ4n) is 4.00. The highest BCUT2D eigenvalue weighted by Gasteiger charge is 2.26. The molecular weight excluding hydrogens is 438 g/mol. The molecular formula is C21H22ClN5OS2. The van der Waals surface area contributed by atoms with Crippen molar-refractivity contribution in [2.75, 3.05) is 30.3 Å². The van der Waals surface area contributed by atoms with E-state index in [0.29, 0.717) is 22.5 Å². The van der Waals surface area contributed by atoms with E-state index in [1.54, 1.807) is 11.3 Å². The zero-order chi connectivity index (χ0) is 20.5. The van der Waals surface area contributed by atoms with Crippen LogP contribution < -0.4 is 4.90 Å². The Morgan fingerprint density at radius 1 is 1.13 bits per heavy atom. The van der Waals surface area contributed by atoms with Crippen LogP contribution >= 0.6 is 34.7 Å². The molecule has 0 saturated carbocycles. The van der Waals surface area contributed by atoms with E-state index in [1.165, 1.54) is 22.2 Å². The summed E-state index contributed by atoms with van der Waals surface area (Å²) in [5.41, 5.74) is 2.13. The number of thiophene rings is 1. The second-order valence-corrected chi connectivity index (χ2v) is 9.84. The van der Waals surface area contributed by atoms with Gasteiger partial charge >= 0.3 is 0 Å². The van der Waals surface area contributed by atoms with Gasteiger partial charge in [0.25, 0.3) is 0 Å². The second kappa shape index (κ2) is 8.61. The van der Waals surface area contributed by atoms with Crippen LogP contribution in [0, 0.1) is 0 Å². The van der Waals surface area contributed by atoms with Crippen molar-refractivity contribution >= 4 is 46.6 Å². The number of rotatable bonds is 5. The van der Waals surface area contributed by atoms with E-state index in [4.69, 9.17) is 11.6 Å². The number of amides is 1. The third-order valence-electron chi connectivity index (χ3n) is 5.58. The van der Waals surface area contributed by atoms with Gasteiger partial charge in [-0.05, 0) is 48.4 Å². The number of benzene rings is 1. The zero-order valence-electron chi connectivity index (χ0n) is 16.5. The molecule has 3 aromatic rings. The first kappa shape index (κ1) is 19.9. The number of carbonyl (C=O) groups is 1. The molecule has 30 heavy (non-hydrogen) atoms. The Morgan fingerprint density at radius 3 is 2.80 bits per heavy atom. The zero-order valence-corrected chi connectivity index (χ0v) is 18.8. The summed E-state index contributed by atoms with van der Waals surface area (Å²) in [6.45, 7) is 3.41. The van der Waals surface area contributed by atoms with Gasteiger partial charge in [-0.15, -0.1) is 21.5 Å². The average Bonchev–Trinajstić information content (AvgIpc) is 3.52. The van der Waals surface area contributed by atoms with Gasteiger partial charge in [0, 0.05) is 31.1 Å². The standard InChI is InChI=1S/C21H22ClN5OS2/c22-16-5-1-2-6-17(16)27-20(25-9-3-4-10-25)23-24-21(27)30-14-19(28)26-11-7-18-15(13-26)8-12-29-18/h1-2,5-6,8,12H,3-4,7,9-11,13-14H2. The van der Waals surface area contributed by atoms with E-state index in [9.17, 15) is 4.79 Å². The van der Waals surface area contributed by atoms with Crippen molar-refractivity contribution in [3.8, 4) is 5.69 Å². The van der Waals surface area contributed by atoms with Crippen LogP contribution in [0.25, 0.3) is 5.69 Å². The van der Waals surface area contributed by atoms with Gasteiger partial charge in [-0.25, -0.2) is 0 Å². The van der Waals surface area contributed by atoms with Gasteiger partial charge in [0.15, 0.2) is 5.16 Å². The monoisotopic (exact) mass is 459 g/mol. The van der Waals surface area contributed by atoms with Crippen molar-refractivity contribution in [3.63, 3.8) is 0 Å². The van der Waals surface area contributed by atoms with Gasteiger partial charge in [0.05, 0.1) is 16.5 Å². The third-order valence-corrected chi connectivity index (χ3v) is 7.84. The lowest BCUT2D eigenvalue weighted by molar-refractivity contribution is -0.129. The molecule has 0 bridgehead atoms. The van der Waals surface area contributed by atoms with Gasteiger partial charge < -0.3 is 9.80 Å². The Bertz CT molecular complexity index is 1060. The van der Waals surface area contributed by atoms with Crippen LogP contribution in [0.1, 0.15) is 23.3 Å². The molecule has 9 heteroatoms. The van der Waals surface area contributed by atoms with Crippen molar-refractivity contribution < 1.29 is 4.79 Å². The van der Waals surface area contributed by atoms with Crippen LogP contribution in [-0.4, -0.2) is 51.0 Å². The fourth-order valence-corrected chi connectivity index (χ4v) is 5.95. The number of para-hydroxylation sites is 1. The number of thioether (sulfide) groups is 1. The quantitative estimate of drug-likeness (QED) is 0.533. The van der Waals surface area contributed by atoms with Gasteiger partial charge in [-0.2, -0.15) is 0 Å². The highest BCUT2D eigenvalue weighted by Crippen LogP contribution is 2.32. The van der Waals surface area contributed by atoms with Gasteiger partial charge in [0.1, 0.15) is 0 Å². The molecule has 1 saturated heterocycles. The Balaban J connectivity index is 1.37. The van der Waals surface area contributed by atoms with Crippen molar-refractivity contribution in [1.82, 2.24) is 19.7 Å². The second-order valence-electron chi connectivity index (χ2n) is 7.49. The van der Waals surface area contributed by atoms with E-state index in [0.717, 1.165) is 50.5 Å². The maximum absolute atomic E-state index is 12.9. The van der Waals surface area contributed by atoms with Crippen molar-refractivity contribution in [3.05, 3.63) is 51.2 Å². The molecule has 4 heterocycles. The van der Waals surface area contributed by atoms with Gasteiger partial charge in [-0.3, -0.25) is 9.36 Å². The minimum atomic E-state index is 0.133. The Kier molecular flexibility index (Phi) is 5.71. The number of fused-ring (bicyclic) bond motifs is 1. The van der Waals surface area contributed by atoms with Crippen LogP contribution in [0.5, 0.6) is 0 Å². The fraction of sp³-hybridized carbons (Fsp3) is 0.381. The summed E-state index contributed by atoms with van der Waals surface area (Å²) in [6, 6.07) is 9.84. The maximum atomic E-state index is 12.9. The lowest BCUT2D eigenvalue weighted by Crippen LogP contribution is -2.36. The number of halogens is 1. The van der Waals surface area contributed by atoms with Gasteiger partial charge in [-0.1, -0.05) is 35.5 Å². The molecule has 1 aromatic carbocycles.